The third kappa shape index (κ3) is 5.64. The number of aliphatic imine (C=N–C) groups is 1. The monoisotopic (exact) mass is 465 g/mol. The molecular weight excluding hydrogens is 433 g/mol. The largest absolute Gasteiger partial charge is 0.481 e. The van der Waals surface area contributed by atoms with Crippen molar-refractivity contribution in [3.63, 3.8) is 0 Å². The summed E-state index contributed by atoms with van der Waals surface area (Å²) in [5, 5.41) is 12.4. The van der Waals surface area contributed by atoms with Crippen molar-refractivity contribution in [3.8, 4) is 0 Å². The highest BCUT2D eigenvalue weighted by molar-refractivity contribution is 6.02. The number of nitrogens with zero attached hydrogens (tertiary/aromatic N) is 2. The number of carboxylic acid groups (broad SMARTS) is 1. The minimum Gasteiger partial charge on any atom is -0.481 e. The molecule has 0 spiro atoms. The number of halogens is 1. The molecule has 2 aliphatic rings. The van der Waals surface area contributed by atoms with E-state index in [1.54, 1.807) is 17.0 Å². The Hall–Kier alpha value is -3.22. The second-order valence-electron chi connectivity index (χ2n) is 9.64. The van der Waals surface area contributed by atoms with Gasteiger partial charge in [0.25, 0.3) is 0 Å². The van der Waals surface area contributed by atoms with Crippen LogP contribution in [0.15, 0.2) is 47.5 Å². The summed E-state index contributed by atoms with van der Waals surface area (Å²) in [4.78, 5) is 31.0. The number of urea groups is 1. The highest BCUT2D eigenvalue weighted by atomic mass is 19.1. The highest BCUT2D eigenvalue weighted by Crippen LogP contribution is 2.32. The van der Waals surface area contributed by atoms with E-state index in [2.05, 4.69) is 19.2 Å². The maximum Gasteiger partial charge on any atom is 0.321 e. The summed E-state index contributed by atoms with van der Waals surface area (Å²) in [7, 11) is 0. The minimum absolute atomic E-state index is 0.0336. The van der Waals surface area contributed by atoms with E-state index in [-0.39, 0.29) is 30.1 Å². The second kappa shape index (κ2) is 10.4. The Kier molecular flexibility index (Phi) is 7.29. The van der Waals surface area contributed by atoms with Crippen molar-refractivity contribution in [2.24, 2.45) is 16.8 Å². The number of piperidine rings is 1. The number of rotatable bonds is 6. The van der Waals surface area contributed by atoms with Crippen LogP contribution in [0.3, 0.4) is 0 Å². The Morgan fingerprint density at radius 3 is 2.65 bits per heavy atom. The zero-order valence-electron chi connectivity index (χ0n) is 19.8. The third-order valence-electron chi connectivity index (χ3n) is 6.96. The topological polar surface area (TPSA) is 82.0 Å². The lowest BCUT2D eigenvalue weighted by molar-refractivity contribution is -0.138. The normalized spacial score (nSPS) is 20.0. The Balaban J connectivity index is 1.47. The van der Waals surface area contributed by atoms with E-state index < -0.39 is 5.97 Å². The molecule has 34 heavy (non-hydrogen) atoms. The molecule has 2 heterocycles. The Bertz CT molecular complexity index is 1080. The van der Waals surface area contributed by atoms with Crippen molar-refractivity contribution in [2.45, 2.75) is 45.4 Å². The van der Waals surface area contributed by atoms with Crippen LogP contribution in [0.2, 0.25) is 0 Å². The van der Waals surface area contributed by atoms with Gasteiger partial charge < -0.3 is 15.3 Å². The summed E-state index contributed by atoms with van der Waals surface area (Å²) in [5.41, 5.74) is 4.71. The van der Waals surface area contributed by atoms with E-state index in [1.807, 2.05) is 24.3 Å². The van der Waals surface area contributed by atoms with Gasteiger partial charge in [0, 0.05) is 37.5 Å². The smallest absolute Gasteiger partial charge is 0.321 e. The van der Waals surface area contributed by atoms with Gasteiger partial charge in [-0.25, -0.2) is 9.18 Å². The first-order valence-electron chi connectivity index (χ1n) is 12.0. The molecule has 0 saturated carbocycles. The molecule has 0 bridgehead atoms. The van der Waals surface area contributed by atoms with E-state index in [0.717, 1.165) is 22.5 Å². The quantitative estimate of drug-likeness (QED) is 0.605. The molecule has 0 radical (unpaired) electrons. The van der Waals surface area contributed by atoms with Gasteiger partial charge >= 0.3 is 12.0 Å². The van der Waals surface area contributed by atoms with Gasteiger partial charge in [-0.15, -0.1) is 0 Å². The molecule has 2 N–H and O–H groups in total. The van der Waals surface area contributed by atoms with E-state index in [1.165, 1.54) is 11.6 Å². The summed E-state index contributed by atoms with van der Waals surface area (Å²) >= 11 is 0. The molecule has 2 aliphatic heterocycles. The lowest BCUT2D eigenvalue weighted by atomic mass is 9.78. The van der Waals surface area contributed by atoms with Crippen molar-refractivity contribution in [1.82, 2.24) is 4.90 Å². The van der Waals surface area contributed by atoms with Gasteiger partial charge in [0.05, 0.1) is 0 Å². The molecule has 6 nitrogen and oxygen atoms in total. The lowest BCUT2D eigenvalue weighted by Crippen LogP contribution is -2.46. The van der Waals surface area contributed by atoms with Gasteiger partial charge in [-0.3, -0.25) is 9.79 Å². The average molecular weight is 466 g/mol. The molecule has 4 rings (SSSR count). The van der Waals surface area contributed by atoms with E-state index in [9.17, 15) is 19.1 Å². The van der Waals surface area contributed by atoms with Crippen molar-refractivity contribution in [1.29, 1.82) is 0 Å². The van der Waals surface area contributed by atoms with Gasteiger partial charge in [-0.1, -0.05) is 26.0 Å². The van der Waals surface area contributed by atoms with Crippen LogP contribution in [-0.2, 0) is 11.2 Å². The van der Waals surface area contributed by atoms with Gasteiger partial charge in [0.15, 0.2) is 0 Å². The van der Waals surface area contributed by atoms with Crippen LogP contribution in [0.1, 0.15) is 55.7 Å². The fourth-order valence-corrected chi connectivity index (χ4v) is 5.01. The number of benzene rings is 2. The lowest BCUT2D eigenvalue weighted by Gasteiger charge is -2.38. The van der Waals surface area contributed by atoms with Gasteiger partial charge in [0.2, 0.25) is 0 Å². The van der Waals surface area contributed by atoms with Crippen molar-refractivity contribution < 1.29 is 19.1 Å². The predicted molar refractivity (Wildman–Crippen MR) is 131 cm³/mol. The van der Waals surface area contributed by atoms with Crippen molar-refractivity contribution in [2.75, 3.05) is 25.0 Å². The zero-order valence-corrected chi connectivity index (χ0v) is 19.8. The van der Waals surface area contributed by atoms with Crippen LogP contribution >= 0.6 is 0 Å². The van der Waals surface area contributed by atoms with Crippen molar-refractivity contribution >= 4 is 23.4 Å². The molecule has 0 aliphatic carbocycles. The maximum atomic E-state index is 13.7. The number of carboxylic acids is 1. The maximum absolute atomic E-state index is 13.7. The number of carbonyl (C=O) groups is 2. The molecule has 0 unspecified atom stereocenters. The molecular formula is C27H32FN3O3. The van der Waals surface area contributed by atoms with Crippen LogP contribution in [-0.4, -0.2) is 47.4 Å². The predicted octanol–water partition coefficient (Wildman–Crippen LogP) is 5.33. The Morgan fingerprint density at radius 2 is 1.94 bits per heavy atom. The summed E-state index contributed by atoms with van der Waals surface area (Å²) in [5.74, 6) is -0.742. The molecule has 2 atom stereocenters. The van der Waals surface area contributed by atoms with Crippen molar-refractivity contribution in [3.05, 3.63) is 65.0 Å². The van der Waals surface area contributed by atoms with E-state index in [0.29, 0.717) is 44.8 Å². The fraction of sp³-hybridized carbons (Fsp3) is 0.444. The molecule has 1 fully saturated rings. The highest BCUT2D eigenvalue weighted by Gasteiger charge is 2.34. The van der Waals surface area contributed by atoms with Gasteiger partial charge in [-0.05, 0) is 84.0 Å². The first kappa shape index (κ1) is 23.9. The Labute approximate surface area is 199 Å². The van der Waals surface area contributed by atoms with E-state index >= 15 is 0 Å². The number of nitrogens with one attached hydrogen (secondary N) is 1. The number of hydrogen-bond acceptors (Lipinski definition) is 3. The third-order valence-corrected chi connectivity index (χ3v) is 6.96. The number of hydrogen-bond donors (Lipinski definition) is 2. The number of likely N-dealkylation sites (tertiary alicyclic amines) is 1. The number of amides is 2. The standard InChI is InChI=1S/C27H32FN3O3/c1-17(2)18-3-6-23(7-4-18)30-27(34)31-12-10-19(15-26(32)33)21(16-31)14-25-24-8-5-22(28)13-20(24)9-11-29-25/h3-8,13,17,19,21H,9-12,14-16H2,1-2H3,(H,30,34)(H,32,33)/t19-,21-/m0/s1. The first-order chi connectivity index (χ1) is 16.3. The van der Waals surface area contributed by atoms with E-state index in [4.69, 9.17) is 4.99 Å². The number of aliphatic carboxylic acids is 1. The molecule has 180 valence electrons. The average Bonchev–Trinajstić information content (AvgIpc) is 2.80. The van der Waals surface area contributed by atoms with Gasteiger partial charge in [0.1, 0.15) is 5.82 Å². The van der Waals surface area contributed by atoms with Gasteiger partial charge in [-0.2, -0.15) is 0 Å². The summed E-state index contributed by atoms with van der Waals surface area (Å²) in [6, 6.07) is 12.5. The SMILES string of the molecule is CC(C)c1ccc(NC(=O)N2CC[C@@H](CC(=O)O)[C@@H](CC3=NCCc4cc(F)ccc43)C2)cc1. The summed E-state index contributed by atoms with van der Waals surface area (Å²) in [6.45, 7) is 5.82. The summed E-state index contributed by atoms with van der Waals surface area (Å²) in [6.07, 6.45) is 1.97. The zero-order chi connectivity index (χ0) is 24.2. The minimum atomic E-state index is -0.828. The number of fused-ring (bicyclic) bond motifs is 1. The van der Waals surface area contributed by atoms with Crippen LogP contribution < -0.4 is 5.32 Å². The second-order valence-corrected chi connectivity index (χ2v) is 9.64. The molecule has 1 saturated heterocycles. The summed E-state index contributed by atoms with van der Waals surface area (Å²) < 4.78 is 13.7. The fourth-order valence-electron chi connectivity index (χ4n) is 5.01. The molecule has 2 amide bonds. The van der Waals surface area contributed by atoms with Crippen LogP contribution in [0.4, 0.5) is 14.9 Å². The number of anilines is 1. The van der Waals surface area contributed by atoms with Crippen LogP contribution in [0.25, 0.3) is 0 Å². The molecule has 2 aromatic rings. The molecule has 2 aromatic carbocycles. The molecule has 0 aromatic heterocycles. The number of carbonyl (C=O) groups excluding carboxylic acids is 1. The Morgan fingerprint density at radius 1 is 1.18 bits per heavy atom. The van der Waals surface area contributed by atoms with Crippen LogP contribution in [0.5, 0.6) is 0 Å². The molecule has 7 heteroatoms. The van der Waals surface area contributed by atoms with Crippen LogP contribution in [0, 0.1) is 17.7 Å². The first-order valence-corrected chi connectivity index (χ1v) is 12.0.